The number of aromatic amines is 1. The molecule has 3 aromatic rings. The smallest absolute Gasteiger partial charge is 0.267 e. The highest BCUT2D eigenvalue weighted by Gasteiger charge is 2.31. The van der Waals surface area contributed by atoms with Crippen LogP contribution in [0.25, 0.3) is 11.5 Å². The van der Waals surface area contributed by atoms with Crippen LogP contribution in [-0.2, 0) is 9.59 Å². The second-order valence-corrected chi connectivity index (χ2v) is 6.24. The number of amides is 2. The molecule has 9 heteroatoms. The van der Waals surface area contributed by atoms with Crippen LogP contribution in [0.5, 0.6) is 5.75 Å². The summed E-state index contributed by atoms with van der Waals surface area (Å²) in [5.74, 6) is 0.775. The lowest BCUT2D eigenvalue weighted by molar-refractivity contribution is -0.125. The summed E-state index contributed by atoms with van der Waals surface area (Å²) in [6.07, 6.45) is 1.15. The van der Waals surface area contributed by atoms with Crippen LogP contribution in [0.4, 0.5) is 11.6 Å². The lowest BCUT2D eigenvalue weighted by Gasteiger charge is -2.32. The average Bonchev–Trinajstić information content (AvgIpc) is 3.17. The number of para-hydroxylation sites is 2. The Kier molecular flexibility index (Phi) is 4.71. The number of hydrogen-bond donors (Lipinski definition) is 2. The van der Waals surface area contributed by atoms with Gasteiger partial charge in [-0.2, -0.15) is 4.98 Å². The zero-order valence-electron chi connectivity index (χ0n) is 15.1. The molecule has 0 spiro atoms. The molecule has 0 radical (unpaired) electrons. The quantitative estimate of drug-likeness (QED) is 0.702. The second kappa shape index (κ2) is 7.47. The van der Waals surface area contributed by atoms with Crippen LogP contribution in [0, 0.1) is 0 Å². The molecule has 0 bridgehead atoms. The highest BCUT2D eigenvalue weighted by molar-refractivity contribution is 6.00. The Morgan fingerprint density at radius 1 is 1.25 bits per heavy atom. The molecule has 0 saturated heterocycles. The zero-order valence-corrected chi connectivity index (χ0v) is 15.1. The van der Waals surface area contributed by atoms with Crippen molar-refractivity contribution in [1.82, 2.24) is 20.2 Å². The highest BCUT2D eigenvalue weighted by atomic mass is 16.5. The van der Waals surface area contributed by atoms with Crippen molar-refractivity contribution in [3.8, 4) is 17.3 Å². The van der Waals surface area contributed by atoms with Crippen LogP contribution in [0.1, 0.15) is 13.3 Å². The number of carbonyl (C=O) groups excluding carboxylic acids is 2. The number of nitrogens with one attached hydrogen (secondary N) is 2. The van der Waals surface area contributed by atoms with Crippen molar-refractivity contribution < 1.29 is 14.3 Å². The summed E-state index contributed by atoms with van der Waals surface area (Å²) < 4.78 is 5.60. The predicted octanol–water partition coefficient (Wildman–Crippen LogP) is 2.01. The van der Waals surface area contributed by atoms with Gasteiger partial charge in [-0.25, -0.2) is 0 Å². The number of benzene rings is 1. The van der Waals surface area contributed by atoms with Gasteiger partial charge < -0.3 is 9.64 Å². The first-order valence-corrected chi connectivity index (χ1v) is 8.82. The maximum absolute atomic E-state index is 12.5. The van der Waals surface area contributed by atoms with Crippen LogP contribution >= 0.6 is 0 Å². The molecule has 0 saturated carbocycles. The molecule has 28 heavy (non-hydrogen) atoms. The third kappa shape index (κ3) is 3.54. The van der Waals surface area contributed by atoms with Gasteiger partial charge in [0.15, 0.2) is 11.9 Å². The van der Waals surface area contributed by atoms with E-state index in [-0.39, 0.29) is 30.7 Å². The first-order valence-electron chi connectivity index (χ1n) is 8.82. The molecular weight excluding hydrogens is 360 g/mol. The molecule has 0 aliphatic carbocycles. The van der Waals surface area contributed by atoms with Crippen LogP contribution in [-0.4, -0.2) is 44.6 Å². The topological polar surface area (TPSA) is 113 Å². The monoisotopic (exact) mass is 378 g/mol. The molecule has 9 nitrogen and oxygen atoms in total. The van der Waals surface area contributed by atoms with Gasteiger partial charge in [-0.3, -0.25) is 25.0 Å². The van der Waals surface area contributed by atoms with Crippen molar-refractivity contribution >= 4 is 23.5 Å². The number of H-pyrrole nitrogens is 1. The van der Waals surface area contributed by atoms with Crippen LogP contribution in [0.15, 0.2) is 48.7 Å². The molecule has 1 aliphatic heterocycles. The van der Waals surface area contributed by atoms with Crippen molar-refractivity contribution in [2.24, 2.45) is 0 Å². The minimum absolute atomic E-state index is 0.0975. The van der Waals surface area contributed by atoms with Gasteiger partial charge >= 0.3 is 0 Å². The molecule has 1 aliphatic rings. The van der Waals surface area contributed by atoms with E-state index in [1.54, 1.807) is 42.3 Å². The van der Waals surface area contributed by atoms with E-state index in [1.807, 2.05) is 18.2 Å². The number of anilines is 2. The van der Waals surface area contributed by atoms with E-state index in [2.05, 4.69) is 25.5 Å². The maximum atomic E-state index is 12.5. The van der Waals surface area contributed by atoms with Crippen LogP contribution in [0.2, 0.25) is 0 Å². The van der Waals surface area contributed by atoms with Crippen molar-refractivity contribution in [1.29, 1.82) is 0 Å². The van der Waals surface area contributed by atoms with E-state index in [9.17, 15) is 9.59 Å². The third-order valence-electron chi connectivity index (χ3n) is 4.28. The summed E-state index contributed by atoms with van der Waals surface area (Å²) >= 11 is 0. The number of nitrogens with zero attached hydrogens (tertiary/aromatic N) is 4. The zero-order chi connectivity index (χ0) is 19.5. The van der Waals surface area contributed by atoms with Gasteiger partial charge in [-0.05, 0) is 31.2 Å². The van der Waals surface area contributed by atoms with Gasteiger partial charge in [0, 0.05) is 19.2 Å². The van der Waals surface area contributed by atoms with Gasteiger partial charge in [0.1, 0.15) is 11.4 Å². The SMILES string of the molecule is CC1Oc2ccccc2N(CCC(=O)Nc2n[nH]c(-c3ccccn3)n2)C1=O. The number of aromatic nitrogens is 4. The Balaban J connectivity index is 1.40. The maximum Gasteiger partial charge on any atom is 0.267 e. The van der Waals surface area contributed by atoms with E-state index in [1.165, 1.54) is 0 Å². The summed E-state index contributed by atoms with van der Waals surface area (Å²) in [6, 6.07) is 12.7. The number of carbonyl (C=O) groups is 2. The molecule has 2 amide bonds. The lowest BCUT2D eigenvalue weighted by Crippen LogP contribution is -2.45. The van der Waals surface area contributed by atoms with E-state index >= 15 is 0 Å². The van der Waals surface area contributed by atoms with E-state index in [0.717, 1.165) is 0 Å². The summed E-state index contributed by atoms with van der Waals surface area (Å²) in [7, 11) is 0. The van der Waals surface area contributed by atoms with Crippen molar-refractivity contribution in [2.75, 3.05) is 16.8 Å². The Bertz CT molecular complexity index is 1000. The predicted molar refractivity (Wildman–Crippen MR) is 102 cm³/mol. The minimum Gasteiger partial charge on any atom is -0.479 e. The Morgan fingerprint density at radius 3 is 2.89 bits per heavy atom. The third-order valence-corrected chi connectivity index (χ3v) is 4.28. The summed E-state index contributed by atoms with van der Waals surface area (Å²) in [4.78, 5) is 34.7. The lowest BCUT2D eigenvalue weighted by atomic mass is 10.1. The fourth-order valence-electron chi connectivity index (χ4n) is 2.93. The van der Waals surface area contributed by atoms with Crippen molar-refractivity contribution in [2.45, 2.75) is 19.4 Å². The Morgan fingerprint density at radius 2 is 2.07 bits per heavy atom. The molecular formula is C19H18N6O3. The van der Waals surface area contributed by atoms with E-state index < -0.39 is 6.10 Å². The highest BCUT2D eigenvalue weighted by Crippen LogP contribution is 2.33. The first-order chi connectivity index (χ1) is 13.6. The second-order valence-electron chi connectivity index (χ2n) is 6.24. The molecule has 1 atom stereocenters. The molecule has 2 N–H and O–H groups in total. The summed E-state index contributed by atoms with van der Waals surface area (Å²) in [6.45, 7) is 1.92. The van der Waals surface area contributed by atoms with Gasteiger partial charge in [-0.15, -0.1) is 5.10 Å². The molecule has 4 rings (SSSR count). The minimum atomic E-state index is -0.591. The largest absolute Gasteiger partial charge is 0.479 e. The van der Waals surface area contributed by atoms with Crippen molar-refractivity contribution in [3.63, 3.8) is 0 Å². The average molecular weight is 378 g/mol. The summed E-state index contributed by atoms with van der Waals surface area (Å²) in [5.41, 5.74) is 1.29. The normalized spacial score (nSPS) is 15.7. The standard InChI is InChI=1S/C19H18N6O3/c1-12-18(27)25(14-7-2-3-8-15(14)28-12)11-9-16(26)21-19-22-17(23-24-19)13-6-4-5-10-20-13/h2-8,10,12H,9,11H2,1H3,(H2,21,22,23,24,26). The summed E-state index contributed by atoms with van der Waals surface area (Å²) in [5, 5.41) is 9.35. The number of fused-ring (bicyclic) bond motifs is 1. The number of ether oxygens (including phenoxy) is 1. The Labute approximate surface area is 160 Å². The van der Waals surface area contributed by atoms with E-state index in [0.29, 0.717) is 23.0 Å². The molecule has 0 fully saturated rings. The van der Waals surface area contributed by atoms with Gasteiger partial charge in [0.25, 0.3) is 5.91 Å². The fraction of sp³-hybridized carbons (Fsp3) is 0.211. The van der Waals surface area contributed by atoms with Crippen molar-refractivity contribution in [3.05, 3.63) is 48.7 Å². The number of rotatable bonds is 5. The number of pyridine rings is 1. The fourth-order valence-corrected chi connectivity index (χ4v) is 2.93. The van der Waals surface area contributed by atoms with Crippen LogP contribution < -0.4 is 15.0 Å². The molecule has 3 heterocycles. The molecule has 1 unspecified atom stereocenters. The molecule has 142 valence electrons. The van der Waals surface area contributed by atoms with E-state index in [4.69, 9.17) is 4.74 Å². The van der Waals surface area contributed by atoms with Gasteiger partial charge in [-0.1, -0.05) is 18.2 Å². The first kappa shape index (κ1) is 17.7. The van der Waals surface area contributed by atoms with Gasteiger partial charge in [0.05, 0.1) is 5.69 Å². The number of hydrogen-bond acceptors (Lipinski definition) is 6. The Hall–Kier alpha value is -3.75. The molecule has 1 aromatic carbocycles. The molecule has 2 aromatic heterocycles. The van der Waals surface area contributed by atoms with Gasteiger partial charge in [0.2, 0.25) is 11.9 Å². The van der Waals surface area contributed by atoms with Crippen LogP contribution in [0.3, 0.4) is 0 Å².